The first-order valence-electron chi connectivity index (χ1n) is 9.33. The van der Waals surface area contributed by atoms with E-state index in [2.05, 4.69) is 58.5 Å². The number of rotatable bonds is 11. The SMILES string of the molecule is C#CC.C=C(C)Cl.C=CCN[C@H](CC)[C@H](C)CCCC[C@@H](C)CC. The van der Waals surface area contributed by atoms with Gasteiger partial charge >= 0.3 is 0 Å². The normalized spacial score (nSPS) is 13.1. The molecule has 0 unspecified atom stereocenters. The highest BCUT2D eigenvalue weighted by atomic mass is 35.5. The van der Waals surface area contributed by atoms with E-state index in [1.807, 2.05) is 6.08 Å². The lowest BCUT2D eigenvalue weighted by molar-refractivity contribution is 0.342. The fourth-order valence-corrected chi connectivity index (χ4v) is 2.35. The summed E-state index contributed by atoms with van der Waals surface area (Å²) in [7, 11) is 0. The summed E-state index contributed by atoms with van der Waals surface area (Å²) in [5.41, 5.74) is 0. The van der Waals surface area contributed by atoms with E-state index in [9.17, 15) is 0 Å². The van der Waals surface area contributed by atoms with Crippen molar-refractivity contribution in [2.45, 2.75) is 86.1 Å². The van der Waals surface area contributed by atoms with Gasteiger partial charge in [-0.2, -0.15) is 0 Å². The molecule has 1 nitrogen and oxygen atoms in total. The van der Waals surface area contributed by atoms with Crippen molar-refractivity contribution in [1.82, 2.24) is 5.32 Å². The molecule has 0 rings (SSSR count). The summed E-state index contributed by atoms with van der Waals surface area (Å²) in [6.45, 7) is 20.7. The largest absolute Gasteiger partial charge is 0.310 e. The molecule has 24 heavy (non-hydrogen) atoms. The number of unbranched alkanes of at least 4 members (excludes halogenated alkanes) is 1. The van der Waals surface area contributed by atoms with Crippen molar-refractivity contribution in [3.05, 3.63) is 24.3 Å². The minimum atomic E-state index is 0.639. The van der Waals surface area contributed by atoms with E-state index in [0.29, 0.717) is 11.1 Å². The van der Waals surface area contributed by atoms with Gasteiger partial charge in [0.05, 0.1) is 0 Å². The van der Waals surface area contributed by atoms with E-state index in [0.717, 1.165) is 18.4 Å². The second-order valence-electron chi connectivity index (χ2n) is 6.45. The Bertz CT molecular complexity index is 312. The first-order valence-corrected chi connectivity index (χ1v) is 9.70. The lowest BCUT2D eigenvalue weighted by Gasteiger charge is -2.23. The van der Waals surface area contributed by atoms with Gasteiger partial charge in [-0.1, -0.05) is 77.6 Å². The Hall–Kier alpha value is -0.710. The van der Waals surface area contributed by atoms with Crippen molar-refractivity contribution in [2.75, 3.05) is 6.54 Å². The molecule has 0 bridgehead atoms. The molecule has 142 valence electrons. The van der Waals surface area contributed by atoms with Crippen LogP contribution in [0, 0.1) is 24.2 Å². The summed E-state index contributed by atoms with van der Waals surface area (Å²) >= 11 is 5.08. The second kappa shape index (κ2) is 22.3. The maximum Gasteiger partial charge on any atom is 0.0134 e. The molecular weight excluding hydrogens is 314 g/mol. The van der Waals surface area contributed by atoms with Gasteiger partial charge in [0, 0.05) is 17.6 Å². The van der Waals surface area contributed by atoms with Crippen molar-refractivity contribution >= 4 is 11.6 Å². The fraction of sp³-hybridized carbons (Fsp3) is 0.727. The smallest absolute Gasteiger partial charge is 0.0134 e. The van der Waals surface area contributed by atoms with Crippen LogP contribution in [0.25, 0.3) is 0 Å². The predicted octanol–water partition coefficient (Wildman–Crippen LogP) is 7.18. The minimum Gasteiger partial charge on any atom is -0.310 e. The summed E-state index contributed by atoms with van der Waals surface area (Å²) in [5.74, 6) is 3.95. The van der Waals surface area contributed by atoms with E-state index in [4.69, 9.17) is 11.6 Å². The first-order chi connectivity index (χ1) is 11.3. The van der Waals surface area contributed by atoms with E-state index < -0.39 is 0 Å². The average molecular weight is 356 g/mol. The van der Waals surface area contributed by atoms with Crippen LogP contribution in [0.4, 0.5) is 0 Å². The Morgan fingerprint density at radius 2 is 1.67 bits per heavy atom. The monoisotopic (exact) mass is 355 g/mol. The molecule has 0 aliphatic rings. The molecule has 0 radical (unpaired) electrons. The van der Waals surface area contributed by atoms with E-state index >= 15 is 0 Å². The summed E-state index contributed by atoms with van der Waals surface area (Å²) in [6.07, 6.45) is 14.7. The molecule has 0 aliphatic carbocycles. The van der Waals surface area contributed by atoms with Crippen LogP contribution < -0.4 is 5.32 Å². The molecule has 0 aliphatic heterocycles. The zero-order chi connectivity index (χ0) is 19.4. The molecule has 0 aromatic heterocycles. The topological polar surface area (TPSA) is 12.0 Å². The predicted molar refractivity (Wildman–Crippen MR) is 115 cm³/mol. The molecule has 1 N–H and O–H groups in total. The third kappa shape index (κ3) is 26.2. The Morgan fingerprint density at radius 1 is 1.21 bits per heavy atom. The number of hydrogen-bond acceptors (Lipinski definition) is 1. The Morgan fingerprint density at radius 3 is 2.04 bits per heavy atom. The van der Waals surface area contributed by atoms with Crippen LogP contribution in [0.1, 0.15) is 80.1 Å². The lowest BCUT2D eigenvalue weighted by Crippen LogP contribution is -2.34. The molecule has 2 heteroatoms. The van der Waals surface area contributed by atoms with Crippen LogP contribution in [0.5, 0.6) is 0 Å². The van der Waals surface area contributed by atoms with E-state index in [1.165, 1.54) is 38.5 Å². The second-order valence-corrected chi connectivity index (χ2v) is 7.10. The van der Waals surface area contributed by atoms with Crippen molar-refractivity contribution < 1.29 is 0 Å². The Balaban J connectivity index is -0.000000531. The zero-order valence-corrected chi connectivity index (χ0v) is 17.9. The minimum absolute atomic E-state index is 0.639. The van der Waals surface area contributed by atoms with E-state index in [-0.39, 0.29) is 0 Å². The first kappa shape index (κ1) is 28.1. The molecule has 0 saturated heterocycles. The highest BCUT2D eigenvalue weighted by Crippen LogP contribution is 2.18. The molecule has 0 heterocycles. The molecule has 0 spiro atoms. The third-order valence-electron chi connectivity index (χ3n) is 3.95. The summed E-state index contributed by atoms with van der Waals surface area (Å²) < 4.78 is 0. The number of terminal acetylenes is 1. The number of allylic oxidation sites excluding steroid dienone is 1. The molecule has 0 fully saturated rings. The van der Waals surface area contributed by atoms with Crippen LogP contribution >= 0.6 is 11.6 Å². The van der Waals surface area contributed by atoms with Gasteiger partial charge in [-0.25, -0.2) is 0 Å². The average Bonchev–Trinajstić information content (AvgIpc) is 2.52. The van der Waals surface area contributed by atoms with Crippen molar-refractivity contribution in [3.63, 3.8) is 0 Å². The van der Waals surface area contributed by atoms with Gasteiger partial charge in [-0.3, -0.25) is 0 Å². The van der Waals surface area contributed by atoms with Crippen molar-refractivity contribution in [3.8, 4) is 12.3 Å². The van der Waals surface area contributed by atoms with Crippen molar-refractivity contribution in [2.24, 2.45) is 11.8 Å². The number of halogens is 1. The third-order valence-corrected chi connectivity index (χ3v) is 3.95. The van der Waals surface area contributed by atoms with Crippen LogP contribution in [0.3, 0.4) is 0 Å². The molecule has 0 amide bonds. The molecule has 0 aromatic rings. The zero-order valence-electron chi connectivity index (χ0n) is 17.1. The highest BCUT2D eigenvalue weighted by molar-refractivity contribution is 6.28. The Labute approximate surface area is 158 Å². The molecule has 3 atom stereocenters. The molecular formula is C22H42ClN. The van der Waals surface area contributed by atoms with Gasteiger partial charge in [-0.05, 0) is 38.5 Å². The number of nitrogens with one attached hydrogen (secondary N) is 1. The van der Waals surface area contributed by atoms with Crippen LogP contribution in [0.15, 0.2) is 24.3 Å². The van der Waals surface area contributed by atoms with Crippen molar-refractivity contribution in [1.29, 1.82) is 0 Å². The number of hydrogen-bond donors (Lipinski definition) is 1. The van der Waals surface area contributed by atoms with E-state index in [1.54, 1.807) is 13.8 Å². The van der Waals surface area contributed by atoms with Gasteiger partial charge in [-0.15, -0.1) is 18.9 Å². The van der Waals surface area contributed by atoms with Crippen LogP contribution in [-0.4, -0.2) is 12.6 Å². The summed E-state index contributed by atoms with van der Waals surface area (Å²) in [4.78, 5) is 0. The quantitative estimate of drug-likeness (QED) is 0.235. The van der Waals surface area contributed by atoms with Gasteiger partial charge in [0.15, 0.2) is 0 Å². The van der Waals surface area contributed by atoms with Gasteiger partial charge in [0.1, 0.15) is 0 Å². The summed E-state index contributed by atoms with van der Waals surface area (Å²) in [6, 6.07) is 0.664. The van der Waals surface area contributed by atoms with Crippen LogP contribution in [0.2, 0.25) is 0 Å². The standard InChI is InChI=1S/C16H33N.C3H5Cl.C3H4/c1-6-13-17-16(8-3)15(5)12-10-9-11-14(4)7-2;1-3(2)4;1-3-2/h6,14-17H,1,7-13H2,2-5H3;1H2,2H3;1H,2H3/t14-,15+,16+;;/m0../s1. The van der Waals surface area contributed by atoms with Crippen LogP contribution in [-0.2, 0) is 0 Å². The maximum absolute atomic E-state index is 5.08. The Kier molecular flexibility index (Phi) is 26.1. The maximum atomic E-state index is 5.08. The molecule has 0 aromatic carbocycles. The van der Waals surface area contributed by atoms with Gasteiger partial charge < -0.3 is 5.32 Å². The fourth-order valence-electron chi connectivity index (χ4n) is 2.35. The lowest BCUT2D eigenvalue weighted by atomic mass is 9.92. The summed E-state index contributed by atoms with van der Waals surface area (Å²) in [5, 5.41) is 4.20. The molecule has 0 saturated carbocycles. The highest BCUT2D eigenvalue weighted by Gasteiger charge is 2.13. The van der Waals surface area contributed by atoms with Gasteiger partial charge in [0.25, 0.3) is 0 Å². The van der Waals surface area contributed by atoms with Gasteiger partial charge in [0.2, 0.25) is 0 Å².